The molecule has 2 aliphatic rings. The molecule has 7 heteroatoms. The lowest BCUT2D eigenvalue weighted by atomic mass is 9.70. The Morgan fingerprint density at radius 2 is 1.96 bits per heavy atom. The molecule has 2 rings (SSSR count). The Hall–Kier alpha value is -0.210. The molecule has 2 heterocycles. The summed E-state index contributed by atoms with van der Waals surface area (Å²) >= 11 is 0. The normalized spacial score (nSPS) is 31.6. The minimum atomic E-state index is -3.11. The van der Waals surface area contributed by atoms with E-state index in [-0.39, 0.29) is 11.7 Å². The summed E-state index contributed by atoms with van der Waals surface area (Å²) in [5, 5.41) is 11.1. The largest absolute Gasteiger partial charge is 0.389 e. The van der Waals surface area contributed by atoms with Gasteiger partial charge in [-0.25, -0.2) is 12.7 Å². The topological polar surface area (TPSA) is 70.1 Å². The van der Waals surface area contributed by atoms with Crippen molar-refractivity contribution < 1.29 is 18.3 Å². The number of sulfonamides is 1. The summed E-state index contributed by atoms with van der Waals surface area (Å²) in [4.78, 5) is 2.30. The molecule has 0 saturated carbocycles. The van der Waals surface area contributed by atoms with Crippen LogP contribution in [0.15, 0.2) is 0 Å². The van der Waals surface area contributed by atoms with E-state index in [1.807, 2.05) is 0 Å². The molecular formula is C16H32N2O4S. The van der Waals surface area contributed by atoms with Crippen molar-refractivity contribution >= 4 is 10.0 Å². The highest BCUT2D eigenvalue weighted by atomic mass is 32.2. The van der Waals surface area contributed by atoms with Crippen LogP contribution in [0.25, 0.3) is 0 Å². The highest BCUT2D eigenvalue weighted by Crippen LogP contribution is 2.39. The molecule has 0 radical (unpaired) electrons. The van der Waals surface area contributed by atoms with Crippen LogP contribution in [-0.4, -0.2) is 81.0 Å². The number of ether oxygens (including phenoxy) is 1. The monoisotopic (exact) mass is 348 g/mol. The second-order valence-corrected chi connectivity index (χ2v) is 9.58. The summed E-state index contributed by atoms with van der Waals surface area (Å²) in [5.74, 6) is 0.738. The Morgan fingerprint density at radius 1 is 1.30 bits per heavy atom. The molecule has 136 valence electrons. The van der Waals surface area contributed by atoms with E-state index in [1.54, 1.807) is 14.1 Å². The Bertz CT molecular complexity index is 476. The molecular weight excluding hydrogens is 316 g/mol. The molecule has 23 heavy (non-hydrogen) atoms. The standard InChI is InChI=1S/C16H32N2O4S/c1-14-13-18(8-4-12-23(20,21)17(2)3)9-7-16(14,19)15-5-10-22-11-6-15/h14-15,19H,4-13H2,1-3H3/t14-,16+/m1/s1. The van der Waals surface area contributed by atoms with E-state index in [0.29, 0.717) is 12.3 Å². The third-order valence-corrected chi connectivity index (χ3v) is 7.49. The van der Waals surface area contributed by atoms with E-state index in [2.05, 4.69) is 11.8 Å². The third-order valence-electron chi connectivity index (χ3n) is 5.58. The molecule has 1 N–H and O–H groups in total. The quantitative estimate of drug-likeness (QED) is 0.768. The lowest BCUT2D eigenvalue weighted by molar-refractivity contribution is -0.130. The van der Waals surface area contributed by atoms with Crippen molar-refractivity contribution in [1.82, 2.24) is 9.21 Å². The first-order chi connectivity index (χ1) is 10.8. The van der Waals surface area contributed by atoms with Crippen molar-refractivity contribution in [3.63, 3.8) is 0 Å². The number of likely N-dealkylation sites (tertiary alicyclic amines) is 1. The van der Waals surface area contributed by atoms with Crippen LogP contribution >= 0.6 is 0 Å². The first kappa shape index (κ1) is 19.1. The summed E-state index contributed by atoms with van der Waals surface area (Å²) in [5.41, 5.74) is -0.587. The van der Waals surface area contributed by atoms with Gasteiger partial charge in [-0.15, -0.1) is 0 Å². The molecule has 0 aliphatic carbocycles. The van der Waals surface area contributed by atoms with E-state index in [4.69, 9.17) is 4.74 Å². The van der Waals surface area contributed by atoms with Crippen LogP contribution in [0.5, 0.6) is 0 Å². The van der Waals surface area contributed by atoms with Gasteiger partial charge in [-0.3, -0.25) is 0 Å². The van der Waals surface area contributed by atoms with Gasteiger partial charge in [0.05, 0.1) is 11.4 Å². The molecule has 2 saturated heterocycles. The highest BCUT2D eigenvalue weighted by molar-refractivity contribution is 7.89. The summed E-state index contributed by atoms with van der Waals surface area (Å²) in [7, 11) is 0.0423. The van der Waals surface area contributed by atoms with E-state index < -0.39 is 15.6 Å². The lowest BCUT2D eigenvalue weighted by Gasteiger charge is -2.48. The molecule has 2 aliphatic heterocycles. The molecule has 2 atom stereocenters. The summed E-state index contributed by atoms with van der Waals surface area (Å²) in [6.07, 6.45) is 3.31. The molecule has 2 fully saturated rings. The van der Waals surface area contributed by atoms with Gasteiger partial charge in [-0.1, -0.05) is 6.92 Å². The first-order valence-electron chi connectivity index (χ1n) is 8.68. The van der Waals surface area contributed by atoms with E-state index in [9.17, 15) is 13.5 Å². The zero-order valence-electron chi connectivity index (χ0n) is 14.7. The predicted octanol–water partition coefficient (Wildman–Crippen LogP) is 0.767. The first-order valence-corrected chi connectivity index (χ1v) is 10.3. The zero-order chi connectivity index (χ0) is 17.1. The molecule has 6 nitrogen and oxygen atoms in total. The summed E-state index contributed by atoms with van der Waals surface area (Å²) in [6.45, 7) is 6.10. The Morgan fingerprint density at radius 3 is 2.52 bits per heavy atom. The number of hydrogen-bond donors (Lipinski definition) is 1. The van der Waals surface area contributed by atoms with Crippen LogP contribution in [0.1, 0.15) is 32.6 Å². The maximum absolute atomic E-state index is 11.8. The van der Waals surface area contributed by atoms with Gasteiger partial charge in [0.15, 0.2) is 0 Å². The number of hydrogen-bond acceptors (Lipinski definition) is 5. The van der Waals surface area contributed by atoms with Crippen LogP contribution < -0.4 is 0 Å². The van der Waals surface area contributed by atoms with Crippen LogP contribution in [0.2, 0.25) is 0 Å². The molecule has 0 aromatic carbocycles. The van der Waals surface area contributed by atoms with Gasteiger partial charge in [0.2, 0.25) is 10.0 Å². The van der Waals surface area contributed by atoms with E-state index in [0.717, 1.165) is 52.1 Å². The van der Waals surface area contributed by atoms with Crippen LogP contribution in [0.3, 0.4) is 0 Å². The van der Waals surface area contributed by atoms with E-state index >= 15 is 0 Å². The maximum atomic E-state index is 11.8. The molecule has 0 amide bonds. The van der Waals surface area contributed by atoms with Crippen molar-refractivity contribution in [2.24, 2.45) is 11.8 Å². The molecule has 0 aromatic rings. The van der Waals surface area contributed by atoms with Crippen molar-refractivity contribution in [1.29, 1.82) is 0 Å². The minimum Gasteiger partial charge on any atom is -0.389 e. The van der Waals surface area contributed by atoms with Gasteiger partial charge < -0.3 is 14.7 Å². The summed E-state index contributed by atoms with van der Waals surface area (Å²) < 4.78 is 30.3. The number of nitrogens with zero attached hydrogens (tertiary/aromatic N) is 2. The van der Waals surface area contributed by atoms with Gasteiger partial charge in [0.25, 0.3) is 0 Å². The number of piperidine rings is 1. The predicted molar refractivity (Wildman–Crippen MR) is 90.8 cm³/mol. The Labute approximate surface area is 140 Å². The van der Waals surface area contributed by atoms with Crippen molar-refractivity contribution in [3.05, 3.63) is 0 Å². The highest BCUT2D eigenvalue weighted by Gasteiger charge is 2.45. The van der Waals surface area contributed by atoms with Crippen molar-refractivity contribution in [2.75, 3.05) is 52.7 Å². The second kappa shape index (κ2) is 7.78. The van der Waals surface area contributed by atoms with Gasteiger partial charge in [-0.05, 0) is 44.1 Å². The van der Waals surface area contributed by atoms with Crippen molar-refractivity contribution in [2.45, 2.75) is 38.2 Å². The van der Waals surface area contributed by atoms with Gasteiger partial charge >= 0.3 is 0 Å². The number of aliphatic hydroxyl groups is 1. The maximum Gasteiger partial charge on any atom is 0.213 e. The van der Waals surface area contributed by atoms with Crippen LogP contribution in [0.4, 0.5) is 0 Å². The van der Waals surface area contributed by atoms with Crippen LogP contribution in [0, 0.1) is 11.8 Å². The van der Waals surface area contributed by atoms with Gasteiger partial charge in [-0.2, -0.15) is 0 Å². The average Bonchev–Trinajstić information content (AvgIpc) is 2.51. The molecule has 0 spiro atoms. The fraction of sp³-hybridized carbons (Fsp3) is 1.00. The Kier molecular flexibility index (Phi) is 6.47. The van der Waals surface area contributed by atoms with E-state index in [1.165, 1.54) is 4.31 Å². The molecule has 0 bridgehead atoms. The fourth-order valence-electron chi connectivity index (χ4n) is 3.88. The lowest BCUT2D eigenvalue weighted by Crippen LogP contribution is -2.56. The minimum absolute atomic E-state index is 0.190. The third kappa shape index (κ3) is 4.66. The summed E-state index contributed by atoms with van der Waals surface area (Å²) in [6, 6.07) is 0. The van der Waals surface area contributed by atoms with Crippen LogP contribution in [-0.2, 0) is 14.8 Å². The molecule has 0 aromatic heterocycles. The number of rotatable bonds is 6. The Balaban J connectivity index is 1.81. The van der Waals surface area contributed by atoms with Gasteiger partial charge in [0.1, 0.15) is 0 Å². The molecule has 0 unspecified atom stereocenters. The van der Waals surface area contributed by atoms with Crippen molar-refractivity contribution in [3.8, 4) is 0 Å². The average molecular weight is 349 g/mol. The van der Waals surface area contributed by atoms with Gasteiger partial charge in [0, 0.05) is 40.4 Å². The SMILES string of the molecule is C[C@@H]1CN(CCCS(=O)(=O)N(C)C)CC[C@@]1(O)C1CCOCC1. The smallest absolute Gasteiger partial charge is 0.213 e. The fourth-order valence-corrected chi connectivity index (χ4v) is 4.74. The zero-order valence-corrected chi connectivity index (χ0v) is 15.5. The second-order valence-electron chi connectivity index (χ2n) is 7.28.